The minimum Gasteiger partial charge on any atom is -0.497 e. The predicted octanol–water partition coefficient (Wildman–Crippen LogP) is 7.03. The highest BCUT2D eigenvalue weighted by atomic mass is 19.1. The minimum absolute atomic E-state index is 0.0285. The summed E-state index contributed by atoms with van der Waals surface area (Å²) in [5.74, 6) is -0.323. The second-order valence-electron chi connectivity index (χ2n) is 13.2. The maximum Gasteiger partial charge on any atom is 0.284 e. The fraction of sp³-hybridized carbons (Fsp3) is 0.111. The molecule has 0 unspecified atom stereocenters. The normalized spacial score (nSPS) is 11.8. The molecule has 2 amide bonds. The number of hydrogen-bond acceptors (Lipinski definition) is 8. The summed E-state index contributed by atoms with van der Waals surface area (Å²) in [5, 5.41) is 6.22. The van der Waals surface area contributed by atoms with Crippen LogP contribution in [0.1, 0.15) is 27.2 Å². The van der Waals surface area contributed by atoms with Crippen LogP contribution in [0.3, 0.4) is 0 Å². The van der Waals surface area contributed by atoms with Gasteiger partial charge in [-0.1, -0.05) is 78.9 Å². The van der Waals surface area contributed by atoms with Crippen LogP contribution in [-0.4, -0.2) is 39.8 Å². The van der Waals surface area contributed by atoms with Crippen LogP contribution >= 0.6 is 0 Å². The van der Waals surface area contributed by atoms with Gasteiger partial charge in [0, 0.05) is 54.3 Å². The molecule has 0 saturated carbocycles. The number of rotatable bonds is 11. The lowest BCUT2D eigenvalue weighted by Crippen LogP contribution is -2.27. The van der Waals surface area contributed by atoms with Gasteiger partial charge in [0.15, 0.2) is 11.6 Å². The van der Waals surface area contributed by atoms with Crippen molar-refractivity contribution in [3.63, 3.8) is 0 Å². The Hall–Kier alpha value is -7.51. The third kappa shape index (κ3) is 8.96. The molecule has 0 atom stereocenters. The molecule has 0 spiro atoms. The van der Waals surface area contributed by atoms with Crippen molar-refractivity contribution in [2.75, 3.05) is 19.0 Å². The summed E-state index contributed by atoms with van der Waals surface area (Å²) < 4.78 is 29.6. The second kappa shape index (κ2) is 18.0. The molecule has 13 heteroatoms. The van der Waals surface area contributed by atoms with Gasteiger partial charge in [-0.2, -0.15) is 0 Å². The highest BCUT2D eigenvalue weighted by Gasteiger charge is 2.24. The number of nitrogens with one attached hydrogen (secondary N) is 4. The zero-order valence-corrected chi connectivity index (χ0v) is 31.7. The van der Waals surface area contributed by atoms with E-state index in [4.69, 9.17) is 9.47 Å². The Bertz CT molecular complexity index is 2650. The van der Waals surface area contributed by atoms with E-state index in [2.05, 4.69) is 26.5 Å². The van der Waals surface area contributed by atoms with Crippen molar-refractivity contribution >= 4 is 28.4 Å². The number of pyridine rings is 1. The Kier molecular flexibility index (Phi) is 12.0. The fourth-order valence-electron chi connectivity index (χ4n) is 6.35. The topological polar surface area (TPSA) is 141 Å². The first-order chi connectivity index (χ1) is 28.3. The van der Waals surface area contributed by atoms with Gasteiger partial charge < -0.3 is 25.5 Å². The van der Waals surface area contributed by atoms with Gasteiger partial charge in [0.2, 0.25) is 5.91 Å². The van der Waals surface area contributed by atoms with Crippen LogP contribution in [0.15, 0.2) is 156 Å². The molecule has 58 heavy (non-hydrogen) atoms. The van der Waals surface area contributed by atoms with E-state index in [1.54, 1.807) is 67.5 Å². The van der Waals surface area contributed by atoms with Crippen LogP contribution in [0.25, 0.3) is 16.6 Å². The van der Waals surface area contributed by atoms with E-state index in [0.29, 0.717) is 53.4 Å². The van der Waals surface area contributed by atoms with Gasteiger partial charge in [0.05, 0.1) is 30.6 Å². The Morgan fingerprint density at radius 3 is 2.21 bits per heavy atom. The Morgan fingerprint density at radius 2 is 1.53 bits per heavy atom. The van der Waals surface area contributed by atoms with Crippen molar-refractivity contribution in [3.8, 4) is 22.9 Å². The standard InChI is InChI=1S/C34H27FN4O4.C11H13N3O/c1-22-32(34(41)39(25-11-7-4-8-12-25)38(22)21-23-9-5-3-6-10-23)33(40)37-24-13-16-31(28(35)19-24)43-30-17-18-36-29-20-26(42-2)14-15-27(29)30;15-11(10-7-13-14-8-10)12-6-9-4-2-1-3-5-9/h3-20H,21H2,1-2H3,(H,37,40);1-5,7,13-14H,6,8H2,(H,12,15). The van der Waals surface area contributed by atoms with Crippen LogP contribution in [0.5, 0.6) is 17.2 Å². The van der Waals surface area contributed by atoms with E-state index in [-0.39, 0.29) is 22.9 Å². The molecule has 0 radical (unpaired) electrons. The molecule has 7 aromatic rings. The summed E-state index contributed by atoms with van der Waals surface area (Å²) in [6.45, 7) is 3.24. The number of methoxy groups -OCH3 is 1. The monoisotopic (exact) mass is 777 g/mol. The average Bonchev–Trinajstić information content (AvgIpc) is 3.88. The molecule has 2 aromatic heterocycles. The number of para-hydroxylation sites is 1. The number of anilines is 1. The zero-order valence-electron chi connectivity index (χ0n) is 31.7. The van der Waals surface area contributed by atoms with Gasteiger partial charge in [-0.25, -0.2) is 14.5 Å². The van der Waals surface area contributed by atoms with Crippen LogP contribution < -0.4 is 36.5 Å². The van der Waals surface area contributed by atoms with E-state index >= 15 is 4.39 Å². The number of carbonyl (C=O) groups excluding carboxylic acids is 2. The zero-order chi connectivity index (χ0) is 40.4. The highest BCUT2D eigenvalue weighted by Crippen LogP contribution is 2.33. The summed E-state index contributed by atoms with van der Waals surface area (Å²) in [7, 11) is 1.57. The van der Waals surface area contributed by atoms with Crippen LogP contribution in [0.2, 0.25) is 0 Å². The number of ether oxygens (including phenoxy) is 2. The molecular formula is C45H40FN7O5. The maximum atomic E-state index is 15.2. The number of nitrogens with zero attached hydrogens (tertiary/aromatic N) is 3. The van der Waals surface area contributed by atoms with Crippen molar-refractivity contribution < 1.29 is 23.5 Å². The van der Waals surface area contributed by atoms with Crippen molar-refractivity contribution in [2.45, 2.75) is 20.0 Å². The van der Waals surface area contributed by atoms with Crippen LogP contribution in [0, 0.1) is 12.7 Å². The summed E-state index contributed by atoms with van der Waals surface area (Å²) in [6, 6.07) is 39.7. The van der Waals surface area contributed by atoms with Gasteiger partial charge in [-0.15, -0.1) is 0 Å². The van der Waals surface area contributed by atoms with Crippen LogP contribution in [-0.2, 0) is 17.9 Å². The Labute approximate surface area is 333 Å². The number of fused-ring (bicyclic) bond motifs is 1. The molecule has 1 aliphatic heterocycles. The number of hydrogen-bond donors (Lipinski definition) is 4. The molecule has 8 rings (SSSR count). The predicted molar refractivity (Wildman–Crippen MR) is 221 cm³/mol. The molecular weight excluding hydrogens is 738 g/mol. The molecule has 0 saturated heterocycles. The van der Waals surface area contributed by atoms with Crippen molar-refractivity contribution in [1.82, 2.24) is 30.5 Å². The number of benzene rings is 5. The maximum absolute atomic E-state index is 15.2. The third-order valence-electron chi connectivity index (χ3n) is 9.33. The lowest BCUT2D eigenvalue weighted by atomic mass is 10.2. The smallest absolute Gasteiger partial charge is 0.284 e. The summed E-state index contributed by atoms with van der Waals surface area (Å²) in [4.78, 5) is 43.0. The van der Waals surface area contributed by atoms with E-state index in [9.17, 15) is 14.4 Å². The number of hydrazine groups is 1. The van der Waals surface area contributed by atoms with Gasteiger partial charge in [0.25, 0.3) is 11.5 Å². The number of halogens is 1. The summed E-state index contributed by atoms with van der Waals surface area (Å²) in [6.07, 6.45) is 3.25. The Balaban J connectivity index is 0.000000286. The number of aromatic nitrogens is 3. The third-order valence-corrected chi connectivity index (χ3v) is 9.33. The first-order valence-electron chi connectivity index (χ1n) is 18.4. The largest absolute Gasteiger partial charge is 0.497 e. The first kappa shape index (κ1) is 38.8. The van der Waals surface area contributed by atoms with Gasteiger partial charge in [0.1, 0.15) is 17.1 Å². The van der Waals surface area contributed by atoms with Crippen molar-refractivity contribution in [3.05, 3.63) is 190 Å². The molecule has 0 aliphatic carbocycles. The van der Waals surface area contributed by atoms with Gasteiger partial charge in [-0.05, 0) is 60.5 Å². The van der Waals surface area contributed by atoms with Gasteiger partial charge in [-0.3, -0.25) is 24.0 Å². The molecule has 12 nitrogen and oxygen atoms in total. The quantitative estimate of drug-likeness (QED) is 0.110. The van der Waals surface area contributed by atoms with E-state index in [1.165, 1.54) is 16.8 Å². The SMILES string of the molecule is COc1ccc2c(Oc3ccc(NC(=O)c4c(C)n(Cc5ccccc5)n(-c5ccccc5)c4=O)cc3F)ccnc2c1.O=C(NCc1ccccc1)C1=CNNC1. The molecule has 1 aliphatic rings. The average molecular weight is 778 g/mol. The van der Waals surface area contributed by atoms with E-state index in [1.807, 2.05) is 78.9 Å². The molecule has 292 valence electrons. The Morgan fingerprint density at radius 1 is 0.828 bits per heavy atom. The highest BCUT2D eigenvalue weighted by molar-refractivity contribution is 6.05. The fourth-order valence-corrected chi connectivity index (χ4v) is 6.35. The molecule has 0 bridgehead atoms. The van der Waals surface area contributed by atoms with Crippen molar-refractivity contribution in [1.29, 1.82) is 0 Å². The minimum atomic E-state index is -0.684. The molecule has 4 N–H and O–H groups in total. The number of carbonyl (C=O) groups is 2. The van der Waals surface area contributed by atoms with E-state index in [0.717, 1.165) is 22.8 Å². The lowest BCUT2D eigenvalue weighted by Gasteiger charge is -2.14. The van der Waals surface area contributed by atoms with Crippen molar-refractivity contribution in [2.24, 2.45) is 0 Å². The summed E-state index contributed by atoms with van der Waals surface area (Å²) in [5.41, 5.74) is 9.85. The second-order valence-corrected chi connectivity index (χ2v) is 13.2. The summed E-state index contributed by atoms with van der Waals surface area (Å²) >= 11 is 0. The molecule has 0 fully saturated rings. The van der Waals surface area contributed by atoms with Crippen LogP contribution in [0.4, 0.5) is 10.1 Å². The van der Waals surface area contributed by atoms with E-state index < -0.39 is 17.3 Å². The number of amides is 2. The lowest BCUT2D eigenvalue weighted by molar-refractivity contribution is -0.117. The molecule has 5 aromatic carbocycles. The first-order valence-corrected chi connectivity index (χ1v) is 18.4. The van der Waals surface area contributed by atoms with Gasteiger partial charge >= 0.3 is 0 Å². The molecule has 3 heterocycles.